The average Bonchev–Trinajstić information content (AvgIpc) is 3.01. The van der Waals surface area contributed by atoms with Crippen LogP contribution < -0.4 is 10.6 Å². The Kier molecular flexibility index (Phi) is 7.57. The van der Waals surface area contributed by atoms with Gasteiger partial charge < -0.3 is 15.2 Å². The lowest BCUT2D eigenvalue weighted by Crippen LogP contribution is -2.51. The van der Waals surface area contributed by atoms with Crippen molar-refractivity contribution in [2.75, 3.05) is 20.1 Å². The Morgan fingerprint density at radius 3 is 2.81 bits per heavy atom. The third kappa shape index (κ3) is 5.85. The molecule has 1 aromatic heterocycles. The van der Waals surface area contributed by atoms with E-state index in [2.05, 4.69) is 72.5 Å². The summed E-state index contributed by atoms with van der Waals surface area (Å²) in [6, 6.07) is 11.8. The Bertz CT molecular complexity index is 845. The van der Waals surface area contributed by atoms with E-state index < -0.39 is 0 Å². The fourth-order valence-electron chi connectivity index (χ4n) is 4.82. The highest BCUT2D eigenvalue weighted by Gasteiger charge is 2.26. The maximum absolute atomic E-state index is 4.45. The van der Waals surface area contributed by atoms with E-state index in [0.29, 0.717) is 12.1 Å². The number of aliphatic imine (C=N–C) groups is 1. The van der Waals surface area contributed by atoms with Crippen molar-refractivity contribution in [1.82, 2.24) is 30.3 Å². The van der Waals surface area contributed by atoms with Crippen LogP contribution in [0.1, 0.15) is 56.2 Å². The van der Waals surface area contributed by atoms with Crippen LogP contribution >= 0.6 is 0 Å². The van der Waals surface area contributed by atoms with E-state index in [1.165, 1.54) is 24.8 Å². The fourth-order valence-corrected chi connectivity index (χ4v) is 4.82. The van der Waals surface area contributed by atoms with E-state index >= 15 is 0 Å². The van der Waals surface area contributed by atoms with Crippen LogP contribution in [-0.4, -0.2) is 57.8 Å². The predicted octanol–water partition coefficient (Wildman–Crippen LogP) is 2.77. The molecule has 0 amide bonds. The van der Waals surface area contributed by atoms with Crippen molar-refractivity contribution < 1.29 is 0 Å². The van der Waals surface area contributed by atoms with Gasteiger partial charge in [-0.2, -0.15) is 0 Å². The third-order valence-electron chi connectivity index (χ3n) is 6.63. The van der Waals surface area contributed by atoms with Crippen molar-refractivity contribution in [2.24, 2.45) is 4.99 Å². The molecule has 1 fully saturated rings. The van der Waals surface area contributed by atoms with Crippen LogP contribution in [0.4, 0.5) is 0 Å². The van der Waals surface area contributed by atoms with Gasteiger partial charge in [0.15, 0.2) is 5.96 Å². The Morgan fingerprint density at radius 2 is 2.00 bits per heavy atom. The highest BCUT2D eigenvalue weighted by atomic mass is 15.3. The molecule has 2 unspecified atom stereocenters. The van der Waals surface area contributed by atoms with Gasteiger partial charge in [-0.3, -0.25) is 9.89 Å². The van der Waals surface area contributed by atoms with Crippen LogP contribution in [-0.2, 0) is 25.9 Å². The van der Waals surface area contributed by atoms with E-state index in [1.54, 1.807) is 0 Å². The van der Waals surface area contributed by atoms with Crippen LogP contribution in [0.3, 0.4) is 0 Å². The molecule has 2 aromatic rings. The number of hydrogen-bond acceptors (Lipinski definition) is 4. The van der Waals surface area contributed by atoms with Crippen LogP contribution in [0.5, 0.6) is 0 Å². The topological polar surface area (TPSA) is 70.4 Å². The molecule has 0 spiro atoms. The van der Waals surface area contributed by atoms with Gasteiger partial charge in [0.1, 0.15) is 11.6 Å². The van der Waals surface area contributed by atoms with Crippen molar-refractivity contribution in [3.63, 3.8) is 0 Å². The summed E-state index contributed by atoms with van der Waals surface area (Å²) < 4.78 is 2.33. The number of guanidine groups is 1. The summed E-state index contributed by atoms with van der Waals surface area (Å²) in [7, 11) is 1.85. The number of likely N-dealkylation sites (tertiary alicyclic amines) is 1. The van der Waals surface area contributed by atoms with Gasteiger partial charge in [-0.05, 0) is 38.2 Å². The minimum atomic E-state index is 0.456. The highest BCUT2D eigenvalue weighted by molar-refractivity contribution is 5.79. The molecular weight excluding hydrogens is 386 g/mol. The molecular formula is C24H37N7. The van der Waals surface area contributed by atoms with Gasteiger partial charge in [-0.1, -0.05) is 36.8 Å². The first-order valence-corrected chi connectivity index (χ1v) is 11.9. The van der Waals surface area contributed by atoms with Gasteiger partial charge in [0, 0.05) is 58.2 Å². The second-order valence-electron chi connectivity index (χ2n) is 8.91. The molecule has 0 aliphatic carbocycles. The number of aromatic nitrogens is 3. The Morgan fingerprint density at radius 1 is 1.13 bits per heavy atom. The molecule has 168 valence electrons. The number of fused-ring (bicyclic) bond motifs is 1. The summed E-state index contributed by atoms with van der Waals surface area (Å²) in [6.07, 6.45) is 7.96. The van der Waals surface area contributed by atoms with E-state index in [-0.39, 0.29) is 0 Å². The first-order chi connectivity index (χ1) is 15.2. The first kappa shape index (κ1) is 21.8. The molecule has 1 aromatic carbocycles. The SMILES string of the molecule is CN=C(NCCc1nnc2n1CCCCC2)NC1CCN(Cc2ccccc2)C(C)C1. The van der Waals surface area contributed by atoms with E-state index in [0.717, 1.165) is 69.5 Å². The smallest absolute Gasteiger partial charge is 0.191 e. The number of hydrogen-bond donors (Lipinski definition) is 2. The van der Waals surface area contributed by atoms with Crippen molar-refractivity contribution in [2.45, 2.75) is 77.0 Å². The zero-order valence-corrected chi connectivity index (χ0v) is 19.1. The molecule has 2 aliphatic heterocycles. The van der Waals surface area contributed by atoms with Crippen molar-refractivity contribution in [1.29, 1.82) is 0 Å². The number of benzene rings is 1. The van der Waals surface area contributed by atoms with Crippen LogP contribution in [0, 0.1) is 0 Å². The lowest BCUT2D eigenvalue weighted by atomic mass is 9.97. The second kappa shape index (κ2) is 10.8. The molecule has 2 aliphatic rings. The molecule has 7 nitrogen and oxygen atoms in total. The molecule has 31 heavy (non-hydrogen) atoms. The number of piperidine rings is 1. The summed E-state index contributed by atoms with van der Waals surface area (Å²) in [4.78, 5) is 7.04. The molecule has 0 radical (unpaired) electrons. The van der Waals surface area contributed by atoms with Gasteiger partial charge in [-0.25, -0.2) is 0 Å². The molecule has 0 bridgehead atoms. The lowest BCUT2D eigenvalue weighted by molar-refractivity contribution is 0.134. The Balaban J connectivity index is 1.22. The maximum atomic E-state index is 4.45. The van der Waals surface area contributed by atoms with Gasteiger partial charge in [0.2, 0.25) is 0 Å². The standard InChI is InChI=1S/C24H37N7/c1-19-17-21(13-16-30(19)18-20-9-5-3-6-10-20)27-24(25-2)26-14-12-23-29-28-22-11-7-4-8-15-31(22)23/h3,5-6,9-10,19,21H,4,7-8,11-18H2,1-2H3,(H2,25,26,27). The normalized spacial score (nSPS) is 22.6. The largest absolute Gasteiger partial charge is 0.356 e. The van der Waals surface area contributed by atoms with Crippen molar-refractivity contribution in [3.05, 3.63) is 47.5 Å². The zero-order valence-electron chi connectivity index (χ0n) is 19.1. The van der Waals surface area contributed by atoms with Gasteiger partial charge in [0.05, 0.1) is 0 Å². The highest BCUT2D eigenvalue weighted by Crippen LogP contribution is 2.20. The molecule has 2 atom stereocenters. The van der Waals surface area contributed by atoms with E-state index in [1.807, 2.05) is 7.05 Å². The molecule has 7 heteroatoms. The average molecular weight is 424 g/mol. The molecule has 0 saturated carbocycles. The summed E-state index contributed by atoms with van der Waals surface area (Å²) in [5, 5.41) is 16.0. The molecule has 4 rings (SSSR count). The monoisotopic (exact) mass is 423 g/mol. The second-order valence-corrected chi connectivity index (χ2v) is 8.91. The van der Waals surface area contributed by atoms with Crippen LogP contribution in [0.15, 0.2) is 35.3 Å². The lowest BCUT2D eigenvalue weighted by Gasteiger charge is -2.38. The molecule has 3 heterocycles. The summed E-state index contributed by atoms with van der Waals surface area (Å²) in [5.74, 6) is 3.15. The quantitative estimate of drug-likeness (QED) is 0.552. The molecule has 2 N–H and O–H groups in total. The van der Waals surface area contributed by atoms with Gasteiger partial charge in [0.25, 0.3) is 0 Å². The Hall–Kier alpha value is -2.41. The zero-order chi connectivity index (χ0) is 21.5. The van der Waals surface area contributed by atoms with Crippen molar-refractivity contribution >= 4 is 5.96 Å². The minimum Gasteiger partial charge on any atom is -0.356 e. The Labute approximate surface area is 186 Å². The molecule has 1 saturated heterocycles. The number of rotatable bonds is 6. The summed E-state index contributed by atoms with van der Waals surface area (Å²) in [5.41, 5.74) is 1.39. The van der Waals surface area contributed by atoms with E-state index in [9.17, 15) is 0 Å². The van der Waals surface area contributed by atoms with Crippen molar-refractivity contribution in [3.8, 4) is 0 Å². The van der Waals surface area contributed by atoms with Gasteiger partial charge >= 0.3 is 0 Å². The van der Waals surface area contributed by atoms with E-state index in [4.69, 9.17) is 0 Å². The fraction of sp³-hybridized carbons (Fsp3) is 0.625. The predicted molar refractivity (Wildman–Crippen MR) is 125 cm³/mol. The number of nitrogens with zero attached hydrogens (tertiary/aromatic N) is 5. The first-order valence-electron chi connectivity index (χ1n) is 11.9. The number of aryl methyl sites for hydroxylation is 1. The maximum Gasteiger partial charge on any atom is 0.191 e. The summed E-state index contributed by atoms with van der Waals surface area (Å²) in [6.45, 7) is 6.36. The third-order valence-corrected chi connectivity index (χ3v) is 6.63. The van der Waals surface area contributed by atoms with Gasteiger partial charge in [-0.15, -0.1) is 10.2 Å². The van der Waals surface area contributed by atoms with Crippen LogP contribution in [0.25, 0.3) is 0 Å². The number of nitrogens with one attached hydrogen (secondary N) is 2. The minimum absolute atomic E-state index is 0.456. The summed E-state index contributed by atoms with van der Waals surface area (Å²) >= 11 is 0. The van der Waals surface area contributed by atoms with Crippen LogP contribution in [0.2, 0.25) is 0 Å².